The summed E-state index contributed by atoms with van der Waals surface area (Å²) in [6, 6.07) is 0.169. The number of carbonyl (C=O) groups is 1. The van der Waals surface area contributed by atoms with E-state index < -0.39 is 0 Å². The fraction of sp³-hybridized carbons (Fsp3) is 0.636. The molecule has 1 fully saturated rings. The Hall–Kier alpha value is -1.32. The number of nitrogens with zero attached hydrogens (tertiary/aromatic N) is 2. The molecular weight excluding hydrogens is 190 g/mol. The Balaban J connectivity index is 2.18. The minimum atomic E-state index is 0.145. The molecule has 0 aliphatic carbocycles. The molecule has 0 spiro atoms. The van der Waals surface area contributed by atoms with Gasteiger partial charge in [0.1, 0.15) is 5.82 Å². The van der Waals surface area contributed by atoms with Crippen LogP contribution in [-0.2, 0) is 11.2 Å². The smallest absolute Gasteiger partial charge is 0.220 e. The fourth-order valence-electron chi connectivity index (χ4n) is 2.15. The van der Waals surface area contributed by atoms with Crippen LogP contribution in [0.5, 0.6) is 0 Å². The Morgan fingerprint density at radius 2 is 2.53 bits per heavy atom. The number of carbonyl (C=O) groups excluding carboxylic acids is 1. The highest BCUT2D eigenvalue weighted by atomic mass is 16.2. The number of aryl methyl sites for hydroxylation is 1. The van der Waals surface area contributed by atoms with Crippen molar-refractivity contribution in [1.29, 1.82) is 0 Å². The first-order chi connectivity index (χ1) is 7.22. The van der Waals surface area contributed by atoms with Crippen LogP contribution in [0.4, 0.5) is 0 Å². The van der Waals surface area contributed by atoms with Gasteiger partial charge in [-0.25, -0.2) is 4.98 Å². The maximum atomic E-state index is 11.4. The maximum absolute atomic E-state index is 11.4. The third kappa shape index (κ3) is 1.89. The molecule has 0 bridgehead atoms. The number of amides is 1. The van der Waals surface area contributed by atoms with E-state index in [1.54, 1.807) is 6.92 Å². The minimum absolute atomic E-state index is 0.145. The first kappa shape index (κ1) is 10.2. The molecule has 1 unspecified atom stereocenters. The van der Waals surface area contributed by atoms with E-state index in [1.807, 2.05) is 11.1 Å². The number of aromatic amines is 1. The molecule has 0 radical (unpaired) electrons. The fourth-order valence-corrected chi connectivity index (χ4v) is 2.15. The lowest BCUT2D eigenvalue weighted by molar-refractivity contribution is -0.129. The predicted octanol–water partition coefficient (Wildman–Crippen LogP) is 1.66. The lowest BCUT2D eigenvalue weighted by Crippen LogP contribution is -2.28. The molecule has 2 heterocycles. The van der Waals surface area contributed by atoms with Crippen LogP contribution in [-0.4, -0.2) is 27.3 Å². The van der Waals surface area contributed by atoms with Crippen LogP contribution < -0.4 is 0 Å². The maximum Gasteiger partial charge on any atom is 0.220 e. The van der Waals surface area contributed by atoms with Crippen LogP contribution >= 0.6 is 0 Å². The van der Waals surface area contributed by atoms with E-state index in [1.165, 1.54) is 0 Å². The van der Waals surface area contributed by atoms with Crippen molar-refractivity contribution >= 4 is 5.91 Å². The highest BCUT2D eigenvalue weighted by Gasteiger charge is 2.29. The normalized spacial score (nSPS) is 20.9. The molecule has 1 amide bonds. The molecule has 1 N–H and O–H groups in total. The number of imidazole rings is 1. The second-order valence-electron chi connectivity index (χ2n) is 4.02. The van der Waals surface area contributed by atoms with Crippen molar-refractivity contribution in [3.8, 4) is 0 Å². The molecular formula is C11H17N3O. The second-order valence-corrected chi connectivity index (χ2v) is 4.02. The second kappa shape index (κ2) is 4.04. The monoisotopic (exact) mass is 207 g/mol. The van der Waals surface area contributed by atoms with E-state index in [0.29, 0.717) is 0 Å². The number of H-pyrrole nitrogens is 1. The van der Waals surface area contributed by atoms with Crippen LogP contribution in [0.15, 0.2) is 6.20 Å². The third-order valence-corrected chi connectivity index (χ3v) is 3.00. The van der Waals surface area contributed by atoms with Crippen molar-refractivity contribution in [2.75, 3.05) is 6.54 Å². The van der Waals surface area contributed by atoms with Crippen molar-refractivity contribution in [2.45, 2.75) is 39.2 Å². The van der Waals surface area contributed by atoms with Gasteiger partial charge in [0.05, 0.1) is 6.04 Å². The summed E-state index contributed by atoms with van der Waals surface area (Å²) < 4.78 is 0. The Bertz CT molecular complexity index is 358. The summed E-state index contributed by atoms with van der Waals surface area (Å²) in [7, 11) is 0. The Labute approximate surface area is 89.7 Å². The van der Waals surface area contributed by atoms with Gasteiger partial charge in [0.2, 0.25) is 5.91 Å². The van der Waals surface area contributed by atoms with Gasteiger partial charge in [-0.05, 0) is 19.3 Å². The Morgan fingerprint density at radius 1 is 1.73 bits per heavy atom. The first-order valence-electron chi connectivity index (χ1n) is 5.53. The first-order valence-corrected chi connectivity index (χ1v) is 5.53. The summed E-state index contributed by atoms with van der Waals surface area (Å²) in [5, 5.41) is 0. The highest BCUT2D eigenvalue weighted by molar-refractivity contribution is 5.74. The summed E-state index contributed by atoms with van der Waals surface area (Å²) in [6.07, 6.45) is 4.93. The van der Waals surface area contributed by atoms with Crippen LogP contribution in [0.1, 0.15) is 44.2 Å². The Morgan fingerprint density at radius 3 is 3.13 bits per heavy atom. The van der Waals surface area contributed by atoms with Gasteiger partial charge in [0, 0.05) is 25.4 Å². The number of aromatic nitrogens is 2. The molecule has 1 aromatic rings. The zero-order valence-electron chi connectivity index (χ0n) is 9.29. The van der Waals surface area contributed by atoms with E-state index in [-0.39, 0.29) is 11.9 Å². The molecule has 4 nitrogen and oxygen atoms in total. The number of likely N-dealkylation sites (tertiary alicyclic amines) is 1. The average Bonchev–Trinajstić information content (AvgIpc) is 2.85. The van der Waals surface area contributed by atoms with Gasteiger partial charge in [-0.3, -0.25) is 4.79 Å². The van der Waals surface area contributed by atoms with Crippen molar-refractivity contribution in [1.82, 2.24) is 14.9 Å². The van der Waals surface area contributed by atoms with Gasteiger partial charge in [-0.15, -0.1) is 0 Å². The van der Waals surface area contributed by atoms with Crippen molar-refractivity contribution in [2.24, 2.45) is 0 Å². The third-order valence-electron chi connectivity index (χ3n) is 3.00. The number of hydrogen-bond acceptors (Lipinski definition) is 2. The molecule has 1 aliphatic rings. The lowest BCUT2D eigenvalue weighted by atomic mass is 10.2. The minimum Gasteiger partial charge on any atom is -0.344 e. The molecule has 0 aromatic carbocycles. The van der Waals surface area contributed by atoms with E-state index in [0.717, 1.165) is 37.3 Å². The van der Waals surface area contributed by atoms with Crippen LogP contribution in [0, 0.1) is 0 Å². The Kier molecular flexibility index (Phi) is 2.75. The van der Waals surface area contributed by atoms with E-state index in [9.17, 15) is 4.79 Å². The van der Waals surface area contributed by atoms with Gasteiger partial charge in [0.15, 0.2) is 0 Å². The summed E-state index contributed by atoms with van der Waals surface area (Å²) in [4.78, 5) is 20.9. The topological polar surface area (TPSA) is 49.0 Å². The predicted molar refractivity (Wildman–Crippen MR) is 57.3 cm³/mol. The molecule has 1 aromatic heterocycles. The zero-order valence-corrected chi connectivity index (χ0v) is 9.29. The summed E-state index contributed by atoms with van der Waals surface area (Å²) in [5.41, 5.74) is 1.14. The number of rotatable bonds is 2. The number of hydrogen-bond donors (Lipinski definition) is 1. The van der Waals surface area contributed by atoms with Crippen LogP contribution in [0.3, 0.4) is 0 Å². The molecule has 1 saturated heterocycles. The zero-order chi connectivity index (χ0) is 10.8. The molecule has 1 atom stereocenters. The SMILES string of the molecule is CCc1cnc(C2CCCN2C(C)=O)[nH]1. The van der Waals surface area contributed by atoms with E-state index >= 15 is 0 Å². The summed E-state index contributed by atoms with van der Waals surface area (Å²) >= 11 is 0. The van der Waals surface area contributed by atoms with E-state index in [2.05, 4.69) is 16.9 Å². The highest BCUT2D eigenvalue weighted by Crippen LogP contribution is 2.29. The van der Waals surface area contributed by atoms with Gasteiger partial charge in [-0.2, -0.15) is 0 Å². The quantitative estimate of drug-likeness (QED) is 0.801. The van der Waals surface area contributed by atoms with Gasteiger partial charge < -0.3 is 9.88 Å². The largest absolute Gasteiger partial charge is 0.344 e. The van der Waals surface area contributed by atoms with Crippen molar-refractivity contribution in [3.05, 3.63) is 17.7 Å². The molecule has 1 aliphatic heterocycles. The summed E-state index contributed by atoms with van der Waals surface area (Å²) in [5.74, 6) is 1.09. The standard InChI is InChI=1S/C11H17N3O/c1-3-9-7-12-11(13-9)10-5-4-6-14(10)8(2)15/h7,10H,3-6H2,1-2H3,(H,12,13). The van der Waals surface area contributed by atoms with Gasteiger partial charge in [-0.1, -0.05) is 6.92 Å². The molecule has 0 saturated carbocycles. The number of nitrogens with one attached hydrogen (secondary N) is 1. The molecule has 15 heavy (non-hydrogen) atoms. The lowest BCUT2D eigenvalue weighted by Gasteiger charge is -2.21. The van der Waals surface area contributed by atoms with Gasteiger partial charge in [0.25, 0.3) is 0 Å². The molecule has 82 valence electrons. The molecule has 4 heteroatoms. The van der Waals surface area contributed by atoms with E-state index in [4.69, 9.17) is 0 Å². The van der Waals surface area contributed by atoms with Crippen LogP contribution in [0.2, 0.25) is 0 Å². The average molecular weight is 207 g/mol. The van der Waals surface area contributed by atoms with Gasteiger partial charge >= 0.3 is 0 Å². The summed E-state index contributed by atoms with van der Waals surface area (Å²) in [6.45, 7) is 4.58. The molecule has 2 rings (SSSR count). The van der Waals surface area contributed by atoms with Crippen LogP contribution in [0.25, 0.3) is 0 Å². The van der Waals surface area contributed by atoms with Crippen molar-refractivity contribution < 1.29 is 4.79 Å². The van der Waals surface area contributed by atoms with Crippen molar-refractivity contribution in [3.63, 3.8) is 0 Å².